The quantitative estimate of drug-likeness (QED) is 0.628. The van der Waals surface area contributed by atoms with E-state index in [0.717, 1.165) is 12.2 Å². The van der Waals surface area contributed by atoms with Crippen molar-refractivity contribution in [3.8, 4) is 5.75 Å². The molecule has 0 amide bonds. The Bertz CT molecular complexity index is 957. The van der Waals surface area contributed by atoms with Gasteiger partial charge >= 0.3 is 0 Å². The number of nitrogens with zero attached hydrogens (tertiary/aromatic N) is 1. The number of hydrogen-bond acceptors (Lipinski definition) is 2. The zero-order chi connectivity index (χ0) is 18.9. The van der Waals surface area contributed by atoms with Crippen LogP contribution >= 0.6 is 0 Å². The van der Waals surface area contributed by atoms with E-state index >= 15 is 0 Å². The highest BCUT2D eigenvalue weighted by Gasteiger charge is 2.35. The number of hydrogen-bond donors (Lipinski definition) is 0. The summed E-state index contributed by atoms with van der Waals surface area (Å²) in [7, 11) is 5.89. The first-order valence-corrected chi connectivity index (χ1v) is 9.32. The standard InChI is InChI=1S/C25H25NO/c1-26(2)22-14-12-21(13-15-22)25(20-9-5-4-6-10-20)17-16-23-19(18-25)8-7-11-24(23)27-3/h4-17H,18H2,1-3H3. The van der Waals surface area contributed by atoms with Gasteiger partial charge in [0.05, 0.1) is 7.11 Å². The third kappa shape index (κ3) is 3.02. The summed E-state index contributed by atoms with van der Waals surface area (Å²) in [6.45, 7) is 0. The molecule has 4 rings (SSSR count). The molecule has 1 unspecified atom stereocenters. The maximum Gasteiger partial charge on any atom is 0.126 e. The van der Waals surface area contributed by atoms with Gasteiger partial charge in [-0.1, -0.05) is 66.7 Å². The van der Waals surface area contributed by atoms with Crippen molar-refractivity contribution in [2.75, 3.05) is 26.1 Å². The van der Waals surface area contributed by atoms with Crippen molar-refractivity contribution in [3.05, 3.63) is 101 Å². The van der Waals surface area contributed by atoms with Gasteiger partial charge in [-0.15, -0.1) is 0 Å². The van der Waals surface area contributed by atoms with Gasteiger partial charge < -0.3 is 9.64 Å². The van der Waals surface area contributed by atoms with Crippen LogP contribution < -0.4 is 9.64 Å². The minimum absolute atomic E-state index is 0.175. The number of methoxy groups -OCH3 is 1. The molecule has 0 fully saturated rings. The predicted octanol–water partition coefficient (Wildman–Crippen LogP) is 5.32. The molecule has 0 N–H and O–H groups in total. The summed E-state index contributed by atoms with van der Waals surface area (Å²) in [5, 5.41) is 0. The molecule has 0 aliphatic heterocycles. The SMILES string of the molecule is COc1cccc2c1C=CC(c1ccccc1)(c1ccc(N(C)C)cc1)C2. The van der Waals surface area contributed by atoms with Gasteiger partial charge in [0.2, 0.25) is 0 Å². The lowest BCUT2D eigenvalue weighted by Gasteiger charge is -2.36. The summed E-state index contributed by atoms with van der Waals surface area (Å²) in [6, 6.07) is 26.1. The Morgan fingerprint density at radius 3 is 2.19 bits per heavy atom. The van der Waals surface area contributed by atoms with Crippen LogP contribution in [-0.4, -0.2) is 21.2 Å². The fourth-order valence-electron chi connectivity index (χ4n) is 4.05. The molecule has 0 saturated heterocycles. The fraction of sp³-hybridized carbons (Fsp3) is 0.200. The molecule has 2 heteroatoms. The number of benzene rings is 3. The van der Waals surface area contributed by atoms with Crippen LogP contribution in [0.5, 0.6) is 5.75 Å². The summed E-state index contributed by atoms with van der Waals surface area (Å²) >= 11 is 0. The minimum Gasteiger partial charge on any atom is -0.496 e. The molecule has 1 aliphatic carbocycles. The fourth-order valence-corrected chi connectivity index (χ4v) is 4.05. The van der Waals surface area contributed by atoms with Crippen LogP contribution in [-0.2, 0) is 11.8 Å². The van der Waals surface area contributed by atoms with E-state index in [-0.39, 0.29) is 5.41 Å². The second-order valence-electron chi connectivity index (χ2n) is 7.32. The summed E-state index contributed by atoms with van der Waals surface area (Å²) in [5.41, 5.74) is 6.17. The summed E-state index contributed by atoms with van der Waals surface area (Å²) < 4.78 is 5.58. The van der Waals surface area contributed by atoms with E-state index < -0.39 is 0 Å². The molecule has 0 spiro atoms. The molecule has 0 radical (unpaired) electrons. The molecule has 0 aromatic heterocycles. The maximum absolute atomic E-state index is 5.58. The topological polar surface area (TPSA) is 12.5 Å². The molecule has 1 atom stereocenters. The van der Waals surface area contributed by atoms with E-state index in [2.05, 4.69) is 97.9 Å². The Labute approximate surface area is 161 Å². The van der Waals surface area contributed by atoms with Gasteiger partial charge in [-0.05, 0) is 41.3 Å². The Morgan fingerprint density at radius 2 is 1.52 bits per heavy atom. The van der Waals surface area contributed by atoms with Crippen molar-refractivity contribution < 1.29 is 4.74 Å². The van der Waals surface area contributed by atoms with Crippen LogP contribution in [0.4, 0.5) is 5.69 Å². The third-order valence-electron chi connectivity index (χ3n) is 5.57. The van der Waals surface area contributed by atoms with E-state index in [9.17, 15) is 0 Å². The first-order chi connectivity index (χ1) is 13.1. The van der Waals surface area contributed by atoms with Crippen LogP contribution in [0.3, 0.4) is 0 Å². The molecular weight excluding hydrogens is 330 g/mol. The Balaban J connectivity index is 1.87. The van der Waals surface area contributed by atoms with Crippen molar-refractivity contribution >= 4 is 11.8 Å². The van der Waals surface area contributed by atoms with E-state index in [4.69, 9.17) is 4.74 Å². The van der Waals surface area contributed by atoms with E-state index in [1.165, 1.54) is 27.9 Å². The number of fused-ring (bicyclic) bond motifs is 1. The van der Waals surface area contributed by atoms with Crippen molar-refractivity contribution in [2.24, 2.45) is 0 Å². The van der Waals surface area contributed by atoms with Crippen molar-refractivity contribution in [3.63, 3.8) is 0 Å². The second-order valence-corrected chi connectivity index (χ2v) is 7.32. The largest absolute Gasteiger partial charge is 0.496 e. The maximum atomic E-state index is 5.58. The van der Waals surface area contributed by atoms with Gasteiger partial charge in [-0.25, -0.2) is 0 Å². The van der Waals surface area contributed by atoms with Gasteiger partial charge in [-0.3, -0.25) is 0 Å². The monoisotopic (exact) mass is 355 g/mol. The van der Waals surface area contributed by atoms with Crippen molar-refractivity contribution in [1.82, 2.24) is 0 Å². The molecule has 3 aromatic carbocycles. The molecule has 1 aliphatic rings. The van der Waals surface area contributed by atoms with Crippen LogP contribution in [0.1, 0.15) is 22.3 Å². The van der Waals surface area contributed by atoms with E-state index in [1.807, 2.05) is 6.07 Å². The third-order valence-corrected chi connectivity index (χ3v) is 5.57. The zero-order valence-corrected chi connectivity index (χ0v) is 16.1. The van der Waals surface area contributed by atoms with Crippen LogP contribution in [0, 0.1) is 0 Å². The molecule has 0 saturated carbocycles. The van der Waals surface area contributed by atoms with Crippen LogP contribution in [0.15, 0.2) is 78.9 Å². The van der Waals surface area contributed by atoms with Gasteiger partial charge in [0, 0.05) is 30.8 Å². The Morgan fingerprint density at radius 1 is 0.815 bits per heavy atom. The molecule has 2 nitrogen and oxygen atoms in total. The first-order valence-electron chi connectivity index (χ1n) is 9.32. The molecule has 3 aromatic rings. The molecule has 27 heavy (non-hydrogen) atoms. The van der Waals surface area contributed by atoms with Gasteiger partial charge in [-0.2, -0.15) is 0 Å². The van der Waals surface area contributed by atoms with Gasteiger partial charge in [0.25, 0.3) is 0 Å². The lowest BCUT2D eigenvalue weighted by Crippen LogP contribution is -2.30. The zero-order valence-electron chi connectivity index (χ0n) is 16.1. The number of ether oxygens (including phenoxy) is 1. The minimum atomic E-state index is -0.175. The van der Waals surface area contributed by atoms with Gasteiger partial charge in [0.1, 0.15) is 5.75 Å². The Kier molecular flexibility index (Phi) is 4.49. The average Bonchev–Trinajstić information content (AvgIpc) is 2.73. The lowest BCUT2D eigenvalue weighted by molar-refractivity contribution is 0.412. The Hall–Kier alpha value is -3.00. The van der Waals surface area contributed by atoms with Crippen molar-refractivity contribution in [1.29, 1.82) is 0 Å². The van der Waals surface area contributed by atoms with E-state index in [1.54, 1.807) is 7.11 Å². The predicted molar refractivity (Wildman–Crippen MR) is 114 cm³/mol. The van der Waals surface area contributed by atoms with Crippen LogP contribution in [0.2, 0.25) is 0 Å². The number of rotatable bonds is 4. The molecule has 0 heterocycles. The van der Waals surface area contributed by atoms with E-state index in [0.29, 0.717) is 0 Å². The summed E-state index contributed by atoms with van der Waals surface area (Å²) in [4.78, 5) is 2.13. The summed E-state index contributed by atoms with van der Waals surface area (Å²) in [6.07, 6.45) is 5.49. The summed E-state index contributed by atoms with van der Waals surface area (Å²) in [5.74, 6) is 0.938. The molecule has 136 valence electrons. The number of allylic oxidation sites excluding steroid dienone is 1. The number of anilines is 1. The van der Waals surface area contributed by atoms with Gasteiger partial charge in [0.15, 0.2) is 0 Å². The normalized spacial score (nSPS) is 18.0. The highest BCUT2D eigenvalue weighted by Crippen LogP contribution is 2.43. The molecular formula is C25H25NO. The average molecular weight is 355 g/mol. The molecule has 0 bridgehead atoms. The highest BCUT2D eigenvalue weighted by molar-refractivity contribution is 5.69. The smallest absolute Gasteiger partial charge is 0.126 e. The van der Waals surface area contributed by atoms with Crippen molar-refractivity contribution in [2.45, 2.75) is 11.8 Å². The highest BCUT2D eigenvalue weighted by atomic mass is 16.5. The van der Waals surface area contributed by atoms with Crippen LogP contribution in [0.25, 0.3) is 6.08 Å². The second kappa shape index (κ2) is 6.96. The lowest BCUT2D eigenvalue weighted by atomic mass is 9.67. The first kappa shape index (κ1) is 17.4.